The molecule has 2 N–H and O–H groups in total. The minimum atomic E-state index is 0. The van der Waals surface area contributed by atoms with Crippen LogP contribution in [0.5, 0.6) is 17.2 Å². The predicted molar refractivity (Wildman–Crippen MR) is 123 cm³/mol. The van der Waals surface area contributed by atoms with E-state index in [1.165, 1.54) is 0 Å². The smallest absolute Gasteiger partial charge is 0.231 e. The van der Waals surface area contributed by atoms with Crippen LogP contribution in [0.4, 0.5) is 0 Å². The molecule has 0 saturated heterocycles. The molecule has 1 heterocycles. The SMILES string of the molecule is CN=C(NCCCOCc1ccc(OC)cc1)NCc1ccc2c(c1)OCO2.I. The molecule has 0 fully saturated rings. The van der Waals surface area contributed by atoms with E-state index in [0.29, 0.717) is 19.8 Å². The molecule has 0 atom stereocenters. The van der Waals surface area contributed by atoms with Gasteiger partial charge in [0.05, 0.1) is 13.7 Å². The molecule has 0 unspecified atom stereocenters. The molecule has 0 saturated carbocycles. The monoisotopic (exact) mass is 513 g/mol. The molecule has 0 amide bonds. The van der Waals surface area contributed by atoms with Crippen molar-refractivity contribution < 1.29 is 18.9 Å². The van der Waals surface area contributed by atoms with E-state index in [2.05, 4.69) is 15.6 Å². The van der Waals surface area contributed by atoms with E-state index in [1.807, 2.05) is 42.5 Å². The second-order valence-electron chi connectivity index (χ2n) is 6.29. The lowest BCUT2D eigenvalue weighted by molar-refractivity contribution is 0.119. The Bertz CT molecular complexity index is 784. The van der Waals surface area contributed by atoms with Crippen molar-refractivity contribution in [3.05, 3.63) is 53.6 Å². The fourth-order valence-corrected chi connectivity index (χ4v) is 2.75. The normalized spacial score (nSPS) is 12.3. The molecule has 0 aliphatic carbocycles. The molecule has 0 aromatic heterocycles. The van der Waals surface area contributed by atoms with Crippen molar-refractivity contribution in [3.63, 3.8) is 0 Å². The fourth-order valence-electron chi connectivity index (χ4n) is 2.75. The van der Waals surface area contributed by atoms with Gasteiger partial charge in [-0.3, -0.25) is 4.99 Å². The number of benzene rings is 2. The number of guanidine groups is 1. The number of ether oxygens (including phenoxy) is 4. The highest BCUT2D eigenvalue weighted by atomic mass is 127. The summed E-state index contributed by atoms with van der Waals surface area (Å²) in [5.74, 6) is 3.19. The maximum absolute atomic E-state index is 5.71. The predicted octanol–water partition coefficient (Wildman–Crippen LogP) is 3.31. The summed E-state index contributed by atoms with van der Waals surface area (Å²) in [6, 6.07) is 13.8. The van der Waals surface area contributed by atoms with E-state index < -0.39 is 0 Å². The highest BCUT2D eigenvalue weighted by Gasteiger charge is 2.13. The van der Waals surface area contributed by atoms with Crippen LogP contribution >= 0.6 is 24.0 Å². The van der Waals surface area contributed by atoms with Crippen LogP contribution in [0.1, 0.15) is 17.5 Å². The van der Waals surface area contributed by atoms with Crippen molar-refractivity contribution >= 4 is 29.9 Å². The standard InChI is InChI=1S/C21H27N3O4.HI/c1-22-21(24-13-17-6-9-19-20(12-17)28-15-27-19)23-10-3-11-26-14-16-4-7-18(25-2)8-5-16;/h4-9,12H,3,10-11,13-15H2,1-2H3,(H2,22,23,24);1H. The van der Waals surface area contributed by atoms with Crippen LogP contribution in [0.25, 0.3) is 0 Å². The van der Waals surface area contributed by atoms with Crippen molar-refractivity contribution in [1.82, 2.24) is 10.6 Å². The molecule has 2 aromatic carbocycles. The third kappa shape index (κ3) is 7.28. The Kier molecular flexibility index (Phi) is 9.85. The van der Waals surface area contributed by atoms with Gasteiger partial charge in [0.15, 0.2) is 17.5 Å². The number of nitrogens with one attached hydrogen (secondary N) is 2. The summed E-state index contributed by atoms with van der Waals surface area (Å²) in [5, 5.41) is 6.59. The lowest BCUT2D eigenvalue weighted by atomic mass is 10.2. The number of fused-ring (bicyclic) bond motifs is 1. The summed E-state index contributed by atoms with van der Waals surface area (Å²) in [4.78, 5) is 4.24. The molecular weight excluding hydrogens is 485 g/mol. The van der Waals surface area contributed by atoms with Crippen molar-refractivity contribution in [2.24, 2.45) is 4.99 Å². The molecule has 29 heavy (non-hydrogen) atoms. The van der Waals surface area contributed by atoms with Crippen LogP contribution in [0.3, 0.4) is 0 Å². The van der Waals surface area contributed by atoms with Gasteiger partial charge in [-0.05, 0) is 41.8 Å². The quantitative estimate of drug-likeness (QED) is 0.232. The first-order chi connectivity index (χ1) is 13.8. The summed E-state index contributed by atoms with van der Waals surface area (Å²) < 4.78 is 21.6. The molecule has 3 rings (SSSR count). The highest BCUT2D eigenvalue weighted by molar-refractivity contribution is 14.0. The minimum Gasteiger partial charge on any atom is -0.497 e. The third-order valence-corrected chi connectivity index (χ3v) is 4.31. The van der Waals surface area contributed by atoms with Crippen LogP contribution in [0, 0.1) is 0 Å². The van der Waals surface area contributed by atoms with E-state index in [-0.39, 0.29) is 30.8 Å². The maximum Gasteiger partial charge on any atom is 0.231 e. The van der Waals surface area contributed by atoms with Crippen molar-refractivity contribution in [3.8, 4) is 17.2 Å². The molecular formula is C21H28IN3O4. The summed E-state index contributed by atoms with van der Waals surface area (Å²) in [6.45, 7) is 3.00. The summed E-state index contributed by atoms with van der Waals surface area (Å²) in [6.07, 6.45) is 0.890. The Morgan fingerprint density at radius 1 is 1.03 bits per heavy atom. The molecule has 1 aliphatic rings. The number of hydrogen-bond acceptors (Lipinski definition) is 5. The lowest BCUT2D eigenvalue weighted by Gasteiger charge is -2.12. The van der Waals surface area contributed by atoms with Gasteiger partial charge in [0.1, 0.15) is 5.75 Å². The Balaban J connectivity index is 0.00000300. The van der Waals surface area contributed by atoms with E-state index in [0.717, 1.165) is 47.3 Å². The van der Waals surface area contributed by atoms with Gasteiger partial charge < -0.3 is 29.6 Å². The molecule has 2 aromatic rings. The number of nitrogens with zero attached hydrogens (tertiary/aromatic N) is 1. The Labute approximate surface area is 188 Å². The van der Waals surface area contributed by atoms with Crippen LogP contribution in [-0.4, -0.2) is 40.1 Å². The Morgan fingerprint density at radius 3 is 2.55 bits per heavy atom. The van der Waals surface area contributed by atoms with E-state index >= 15 is 0 Å². The molecule has 0 spiro atoms. The van der Waals surface area contributed by atoms with Crippen molar-refractivity contribution in [2.45, 2.75) is 19.6 Å². The molecule has 158 valence electrons. The number of halogens is 1. The second kappa shape index (κ2) is 12.4. The Morgan fingerprint density at radius 2 is 1.79 bits per heavy atom. The first-order valence-electron chi connectivity index (χ1n) is 9.32. The molecule has 7 nitrogen and oxygen atoms in total. The minimum absolute atomic E-state index is 0. The van der Waals surface area contributed by atoms with Crippen LogP contribution in [-0.2, 0) is 17.9 Å². The Hall–Kier alpha value is -2.20. The number of rotatable bonds is 9. The van der Waals surface area contributed by atoms with E-state index in [1.54, 1.807) is 14.2 Å². The molecule has 1 aliphatic heterocycles. The summed E-state index contributed by atoms with van der Waals surface area (Å²) in [7, 11) is 3.42. The first kappa shape index (κ1) is 23.1. The molecule has 0 bridgehead atoms. The molecule has 0 radical (unpaired) electrons. The average Bonchev–Trinajstić information content (AvgIpc) is 3.21. The number of aliphatic imine (C=N–C) groups is 1. The fraction of sp³-hybridized carbons (Fsp3) is 0.381. The van der Waals surface area contributed by atoms with Crippen molar-refractivity contribution in [2.75, 3.05) is 34.1 Å². The second-order valence-corrected chi connectivity index (χ2v) is 6.29. The number of methoxy groups -OCH3 is 1. The topological polar surface area (TPSA) is 73.3 Å². The van der Waals surface area contributed by atoms with Gasteiger partial charge in [-0.25, -0.2) is 0 Å². The van der Waals surface area contributed by atoms with Crippen LogP contribution in [0.15, 0.2) is 47.5 Å². The lowest BCUT2D eigenvalue weighted by Crippen LogP contribution is -2.37. The number of hydrogen-bond donors (Lipinski definition) is 2. The van der Waals surface area contributed by atoms with Gasteiger partial charge in [0.25, 0.3) is 0 Å². The van der Waals surface area contributed by atoms with Gasteiger partial charge in [0.2, 0.25) is 6.79 Å². The zero-order valence-corrected chi connectivity index (χ0v) is 19.1. The largest absolute Gasteiger partial charge is 0.497 e. The third-order valence-electron chi connectivity index (χ3n) is 4.31. The molecule has 8 heteroatoms. The summed E-state index contributed by atoms with van der Waals surface area (Å²) in [5.41, 5.74) is 2.24. The average molecular weight is 513 g/mol. The van der Waals surface area contributed by atoms with Gasteiger partial charge in [-0.1, -0.05) is 18.2 Å². The highest BCUT2D eigenvalue weighted by Crippen LogP contribution is 2.32. The maximum atomic E-state index is 5.71. The first-order valence-corrected chi connectivity index (χ1v) is 9.32. The van der Waals surface area contributed by atoms with E-state index in [4.69, 9.17) is 18.9 Å². The van der Waals surface area contributed by atoms with Gasteiger partial charge >= 0.3 is 0 Å². The van der Waals surface area contributed by atoms with Gasteiger partial charge in [-0.2, -0.15) is 0 Å². The van der Waals surface area contributed by atoms with Crippen LogP contribution < -0.4 is 24.8 Å². The summed E-state index contributed by atoms with van der Waals surface area (Å²) >= 11 is 0. The van der Waals surface area contributed by atoms with Crippen molar-refractivity contribution in [1.29, 1.82) is 0 Å². The zero-order chi connectivity index (χ0) is 19.6. The zero-order valence-electron chi connectivity index (χ0n) is 16.8. The van der Waals surface area contributed by atoms with Crippen LogP contribution in [0.2, 0.25) is 0 Å². The van der Waals surface area contributed by atoms with E-state index in [9.17, 15) is 0 Å². The van der Waals surface area contributed by atoms with Gasteiger partial charge in [0, 0.05) is 26.7 Å². The van der Waals surface area contributed by atoms with Gasteiger partial charge in [-0.15, -0.1) is 24.0 Å².